The minimum absolute atomic E-state index is 0.646. The van der Waals surface area contributed by atoms with Crippen LogP contribution in [0.3, 0.4) is 0 Å². The maximum absolute atomic E-state index is 10.7. The monoisotopic (exact) mass is 336 g/mol. The highest BCUT2D eigenvalue weighted by atomic mass is 79.9. The van der Waals surface area contributed by atoms with Crippen LogP contribution in [0, 0.1) is 22.7 Å². The van der Waals surface area contributed by atoms with E-state index < -0.39 is 11.5 Å². The molecule has 2 rings (SSSR count). The Balaban J connectivity index is 2.14. The van der Waals surface area contributed by atoms with Crippen LogP contribution >= 0.6 is 15.9 Å². The summed E-state index contributed by atoms with van der Waals surface area (Å²) >= 11 is 3.37. The molecule has 1 aromatic heterocycles. The van der Waals surface area contributed by atoms with Gasteiger partial charge in [-0.25, -0.2) is 0 Å². The van der Waals surface area contributed by atoms with E-state index in [1.807, 2.05) is 6.07 Å². The normalized spacial score (nSPS) is 27.8. The molecule has 0 radical (unpaired) electrons. The first-order chi connectivity index (χ1) is 9.61. The van der Waals surface area contributed by atoms with Crippen molar-refractivity contribution >= 4 is 15.9 Å². The van der Waals surface area contributed by atoms with Gasteiger partial charge in [0.25, 0.3) is 0 Å². The van der Waals surface area contributed by atoms with Crippen LogP contribution in [0.2, 0.25) is 0 Å². The largest absolute Gasteiger partial charge is 0.387 e. The molecule has 0 spiro atoms. The van der Waals surface area contributed by atoms with E-state index in [9.17, 15) is 10.4 Å². The molecule has 3 nitrogen and oxygen atoms in total. The molecule has 1 unspecified atom stereocenters. The summed E-state index contributed by atoms with van der Waals surface area (Å²) in [5.41, 5.74) is 0.0852. The van der Waals surface area contributed by atoms with Gasteiger partial charge in [0, 0.05) is 22.4 Å². The molecule has 1 N–H and O–H groups in total. The fourth-order valence-corrected chi connectivity index (χ4v) is 3.62. The van der Waals surface area contributed by atoms with Gasteiger partial charge in [-0.2, -0.15) is 5.26 Å². The highest BCUT2D eigenvalue weighted by Crippen LogP contribution is 2.48. The molecule has 0 bridgehead atoms. The van der Waals surface area contributed by atoms with Crippen molar-refractivity contribution in [2.24, 2.45) is 11.3 Å². The predicted octanol–water partition coefficient (Wildman–Crippen LogP) is 4.38. The summed E-state index contributed by atoms with van der Waals surface area (Å²) in [7, 11) is 0. The van der Waals surface area contributed by atoms with E-state index >= 15 is 0 Å². The Bertz CT molecular complexity index is 489. The van der Waals surface area contributed by atoms with E-state index in [2.05, 4.69) is 33.9 Å². The summed E-state index contributed by atoms with van der Waals surface area (Å²) in [6, 6.07) is 4.26. The Kier molecular flexibility index (Phi) is 5.17. The van der Waals surface area contributed by atoms with Crippen molar-refractivity contribution in [2.75, 3.05) is 0 Å². The van der Waals surface area contributed by atoms with E-state index in [-0.39, 0.29) is 0 Å². The van der Waals surface area contributed by atoms with Gasteiger partial charge in [-0.1, -0.05) is 19.8 Å². The molecule has 1 saturated carbocycles. The van der Waals surface area contributed by atoms with Crippen LogP contribution in [-0.2, 0) is 0 Å². The predicted molar refractivity (Wildman–Crippen MR) is 81.8 cm³/mol. The fourth-order valence-electron chi connectivity index (χ4n) is 3.23. The zero-order valence-electron chi connectivity index (χ0n) is 11.8. The highest BCUT2D eigenvalue weighted by molar-refractivity contribution is 9.10. The lowest BCUT2D eigenvalue weighted by molar-refractivity contribution is 0.0234. The molecule has 20 heavy (non-hydrogen) atoms. The Morgan fingerprint density at radius 3 is 2.75 bits per heavy atom. The second-order valence-electron chi connectivity index (χ2n) is 5.84. The lowest BCUT2D eigenvalue weighted by atomic mass is 9.66. The minimum atomic E-state index is -0.750. The maximum atomic E-state index is 10.7. The van der Waals surface area contributed by atoms with Crippen LogP contribution < -0.4 is 0 Å². The topological polar surface area (TPSA) is 56.9 Å². The lowest BCUT2D eigenvalue weighted by Crippen LogP contribution is -2.32. The number of hydrogen-bond acceptors (Lipinski definition) is 3. The van der Waals surface area contributed by atoms with Crippen molar-refractivity contribution in [3.8, 4) is 6.07 Å². The Morgan fingerprint density at radius 1 is 1.50 bits per heavy atom. The number of halogens is 1. The molecule has 1 fully saturated rings. The van der Waals surface area contributed by atoms with Crippen LogP contribution in [-0.4, -0.2) is 10.1 Å². The van der Waals surface area contributed by atoms with Gasteiger partial charge in [0.05, 0.1) is 17.6 Å². The quantitative estimate of drug-likeness (QED) is 0.887. The number of hydrogen-bond donors (Lipinski definition) is 1. The Labute approximate surface area is 129 Å². The second-order valence-corrected chi connectivity index (χ2v) is 6.75. The second kappa shape index (κ2) is 6.69. The molecule has 1 aliphatic carbocycles. The number of pyridine rings is 1. The van der Waals surface area contributed by atoms with E-state index in [0.29, 0.717) is 5.92 Å². The van der Waals surface area contributed by atoms with Gasteiger partial charge < -0.3 is 5.11 Å². The number of nitriles is 1. The Hall–Kier alpha value is -0.920. The van der Waals surface area contributed by atoms with Gasteiger partial charge >= 0.3 is 0 Å². The highest BCUT2D eigenvalue weighted by Gasteiger charge is 2.42. The molecule has 108 valence electrons. The third kappa shape index (κ3) is 3.21. The van der Waals surface area contributed by atoms with E-state index in [1.165, 1.54) is 12.8 Å². The van der Waals surface area contributed by atoms with E-state index in [4.69, 9.17) is 0 Å². The summed E-state index contributed by atoms with van der Waals surface area (Å²) < 4.78 is 0.835. The zero-order chi connectivity index (χ0) is 14.6. The molecular weight excluding hydrogens is 316 g/mol. The lowest BCUT2D eigenvalue weighted by Gasteiger charge is -2.38. The third-order valence-electron chi connectivity index (χ3n) is 4.48. The molecule has 4 heteroatoms. The number of rotatable bonds is 4. The van der Waals surface area contributed by atoms with Crippen molar-refractivity contribution in [1.82, 2.24) is 4.98 Å². The van der Waals surface area contributed by atoms with Crippen molar-refractivity contribution in [3.63, 3.8) is 0 Å². The number of aliphatic hydroxyl groups excluding tert-OH is 1. The smallest absolute Gasteiger partial charge is 0.0991 e. The average molecular weight is 337 g/mol. The minimum Gasteiger partial charge on any atom is -0.387 e. The number of aliphatic hydroxyl groups is 1. The average Bonchev–Trinajstić information content (AvgIpc) is 2.48. The molecule has 1 atom stereocenters. The number of nitrogens with zero attached hydrogens (tertiary/aromatic N) is 2. The molecule has 0 aromatic carbocycles. The molecule has 0 aliphatic heterocycles. The van der Waals surface area contributed by atoms with Crippen molar-refractivity contribution in [3.05, 3.63) is 28.5 Å². The standard InChI is InChI=1S/C16H21BrN2O/c1-2-3-12-4-6-16(11-18,7-5-12)15(20)13-8-14(17)10-19-9-13/h8-10,12,15,20H,2-7H2,1H3. The van der Waals surface area contributed by atoms with Crippen LogP contribution in [0.5, 0.6) is 0 Å². The summed E-state index contributed by atoms with van der Waals surface area (Å²) in [5.74, 6) is 0.717. The zero-order valence-corrected chi connectivity index (χ0v) is 13.4. The van der Waals surface area contributed by atoms with Crippen LogP contribution in [0.15, 0.2) is 22.9 Å². The van der Waals surface area contributed by atoms with Gasteiger partial charge in [0.2, 0.25) is 0 Å². The molecule has 0 saturated heterocycles. The first-order valence-electron chi connectivity index (χ1n) is 7.31. The van der Waals surface area contributed by atoms with Crippen LogP contribution in [0.25, 0.3) is 0 Å². The summed E-state index contributed by atoms with van der Waals surface area (Å²) in [6.07, 6.45) is 8.67. The summed E-state index contributed by atoms with van der Waals surface area (Å²) in [4.78, 5) is 4.09. The first-order valence-corrected chi connectivity index (χ1v) is 8.10. The van der Waals surface area contributed by atoms with Gasteiger partial charge in [0.1, 0.15) is 0 Å². The van der Waals surface area contributed by atoms with Crippen molar-refractivity contribution in [1.29, 1.82) is 5.26 Å². The van der Waals surface area contributed by atoms with E-state index in [1.54, 1.807) is 12.4 Å². The summed E-state index contributed by atoms with van der Waals surface area (Å²) in [5, 5.41) is 20.3. The van der Waals surface area contributed by atoms with Crippen LogP contribution in [0.1, 0.15) is 57.1 Å². The van der Waals surface area contributed by atoms with Gasteiger partial charge in [-0.15, -0.1) is 0 Å². The molecular formula is C16H21BrN2O. The molecule has 1 aromatic rings. The van der Waals surface area contributed by atoms with E-state index in [0.717, 1.165) is 35.7 Å². The SMILES string of the molecule is CCCC1CCC(C#N)(C(O)c2cncc(Br)c2)CC1. The van der Waals surface area contributed by atoms with Crippen molar-refractivity contribution in [2.45, 2.75) is 51.6 Å². The fraction of sp³-hybridized carbons (Fsp3) is 0.625. The number of aromatic nitrogens is 1. The van der Waals surface area contributed by atoms with Gasteiger partial charge in [-0.05, 0) is 53.6 Å². The Morgan fingerprint density at radius 2 is 2.20 bits per heavy atom. The van der Waals surface area contributed by atoms with Gasteiger partial charge in [-0.3, -0.25) is 4.98 Å². The third-order valence-corrected chi connectivity index (χ3v) is 4.92. The maximum Gasteiger partial charge on any atom is 0.0991 e. The van der Waals surface area contributed by atoms with Crippen molar-refractivity contribution < 1.29 is 5.11 Å². The molecule has 1 aliphatic rings. The van der Waals surface area contributed by atoms with Crippen LogP contribution in [0.4, 0.5) is 0 Å². The first kappa shape index (κ1) is 15.5. The molecule has 0 amide bonds. The molecule has 1 heterocycles. The summed E-state index contributed by atoms with van der Waals surface area (Å²) in [6.45, 7) is 2.20. The van der Waals surface area contributed by atoms with Gasteiger partial charge in [0.15, 0.2) is 0 Å².